The van der Waals surface area contributed by atoms with Crippen LogP contribution in [0.15, 0.2) is 72.8 Å². The van der Waals surface area contributed by atoms with Crippen molar-refractivity contribution < 1.29 is 4.79 Å². The highest BCUT2D eigenvalue weighted by atomic mass is 32.2. The Labute approximate surface area is 183 Å². The van der Waals surface area contributed by atoms with Crippen molar-refractivity contribution in [2.75, 3.05) is 0 Å². The highest BCUT2D eigenvalue weighted by Crippen LogP contribution is 2.70. The second kappa shape index (κ2) is 5.52. The van der Waals surface area contributed by atoms with E-state index in [1.54, 1.807) is 0 Å². The Kier molecular flexibility index (Phi) is 3.03. The third-order valence-electron chi connectivity index (χ3n) is 7.54. The molecule has 2 heterocycles. The summed E-state index contributed by atoms with van der Waals surface area (Å²) in [5, 5.41) is 7.07. The van der Waals surface area contributed by atoms with E-state index in [-0.39, 0.29) is 11.8 Å². The van der Waals surface area contributed by atoms with E-state index >= 15 is 0 Å². The van der Waals surface area contributed by atoms with Gasteiger partial charge in [-0.05, 0) is 43.8 Å². The number of hydrogen-bond donors (Lipinski definition) is 0. The molecule has 2 fully saturated rings. The molecule has 30 heavy (non-hydrogen) atoms. The van der Waals surface area contributed by atoms with Crippen molar-refractivity contribution in [3.8, 4) is 0 Å². The van der Waals surface area contributed by atoms with Crippen molar-refractivity contribution >= 4 is 50.9 Å². The molecule has 2 aliphatic carbocycles. The van der Waals surface area contributed by atoms with Crippen molar-refractivity contribution in [1.29, 1.82) is 0 Å². The molecule has 4 aromatic rings. The average molecular weight is 423 g/mol. The molecule has 0 amide bonds. The molecule has 0 N–H and O–H groups in total. The minimum absolute atomic E-state index is 0.0194. The second-order valence-electron chi connectivity index (χ2n) is 8.99. The fourth-order valence-corrected chi connectivity index (χ4v) is 8.89. The normalized spacial score (nSPS) is 31.9. The second-order valence-corrected chi connectivity index (χ2v) is 11.6. The van der Waals surface area contributed by atoms with Crippen LogP contribution in [0.25, 0.3) is 21.5 Å². The van der Waals surface area contributed by atoms with Crippen LogP contribution in [0.4, 0.5) is 0 Å². The summed E-state index contributed by atoms with van der Waals surface area (Å²) in [6.07, 6.45) is 0. The van der Waals surface area contributed by atoms with Gasteiger partial charge in [-0.15, -0.1) is 23.5 Å². The van der Waals surface area contributed by atoms with Gasteiger partial charge >= 0.3 is 0 Å². The number of benzene rings is 4. The van der Waals surface area contributed by atoms with Crippen molar-refractivity contribution in [2.45, 2.75) is 32.8 Å². The highest BCUT2D eigenvalue weighted by molar-refractivity contribution is 8.07. The number of Topliss-reactive ketones (excluding diaryl/α,β-unsaturated/α-hetero) is 1. The Morgan fingerprint density at radius 1 is 0.567 bits per heavy atom. The summed E-state index contributed by atoms with van der Waals surface area (Å²) in [6, 6.07) is 26.4. The van der Waals surface area contributed by atoms with Crippen molar-refractivity contribution in [3.05, 3.63) is 95.1 Å². The van der Waals surface area contributed by atoms with Gasteiger partial charge in [-0.1, -0.05) is 72.8 Å². The quantitative estimate of drug-likeness (QED) is 0.332. The molecule has 1 nitrogen and oxygen atoms in total. The van der Waals surface area contributed by atoms with E-state index in [0.717, 1.165) is 0 Å². The summed E-state index contributed by atoms with van der Waals surface area (Å²) in [4.78, 5) is 14.3. The van der Waals surface area contributed by atoms with E-state index in [0.29, 0.717) is 26.8 Å². The van der Waals surface area contributed by atoms with E-state index in [4.69, 9.17) is 0 Å². The molecule has 2 saturated heterocycles. The van der Waals surface area contributed by atoms with E-state index in [1.807, 2.05) is 23.5 Å². The maximum Gasteiger partial charge on any atom is 0.150 e. The fourth-order valence-electron chi connectivity index (χ4n) is 6.22. The molecule has 6 unspecified atom stereocenters. The zero-order valence-electron chi connectivity index (χ0n) is 16.1. The predicted molar refractivity (Wildman–Crippen MR) is 127 cm³/mol. The molecule has 0 bridgehead atoms. The van der Waals surface area contributed by atoms with E-state index in [9.17, 15) is 4.79 Å². The lowest BCUT2D eigenvalue weighted by Crippen LogP contribution is -2.30. The third kappa shape index (κ3) is 1.96. The summed E-state index contributed by atoms with van der Waals surface area (Å²) < 4.78 is 0. The first-order valence-electron chi connectivity index (χ1n) is 10.7. The molecule has 4 aliphatic rings. The minimum Gasteiger partial charge on any atom is -0.298 e. The van der Waals surface area contributed by atoms with Gasteiger partial charge in [0.1, 0.15) is 5.78 Å². The first-order valence-corrected chi connectivity index (χ1v) is 12.6. The van der Waals surface area contributed by atoms with Gasteiger partial charge in [0, 0.05) is 21.0 Å². The molecule has 0 spiro atoms. The molecule has 4 aromatic carbocycles. The number of fused-ring (bicyclic) bond motifs is 4. The lowest BCUT2D eigenvalue weighted by atomic mass is 9.71. The van der Waals surface area contributed by atoms with Gasteiger partial charge in [0.2, 0.25) is 0 Å². The van der Waals surface area contributed by atoms with Gasteiger partial charge < -0.3 is 0 Å². The predicted octanol–water partition coefficient (Wildman–Crippen LogP) is 6.77. The lowest BCUT2D eigenvalue weighted by molar-refractivity contribution is -0.121. The smallest absolute Gasteiger partial charge is 0.150 e. The van der Waals surface area contributed by atoms with Gasteiger partial charge in [-0.3, -0.25) is 4.79 Å². The number of carbonyl (C=O) groups is 1. The fraction of sp³-hybridized carbons (Fsp3) is 0.222. The monoisotopic (exact) mass is 422 g/mol. The number of ketones is 1. The summed E-state index contributed by atoms with van der Waals surface area (Å²) in [5.74, 6) is 0.496. The lowest BCUT2D eigenvalue weighted by Gasteiger charge is -2.29. The first kappa shape index (κ1) is 16.5. The Balaban J connectivity index is 1.33. The molecular weight excluding hydrogens is 404 g/mol. The van der Waals surface area contributed by atoms with Gasteiger partial charge in [0.05, 0.1) is 11.8 Å². The number of rotatable bonds is 2. The summed E-state index contributed by atoms with van der Waals surface area (Å²) in [6.45, 7) is 0. The third-order valence-corrected chi connectivity index (χ3v) is 10.3. The maximum absolute atomic E-state index is 14.3. The van der Waals surface area contributed by atoms with Crippen LogP contribution in [0.3, 0.4) is 0 Å². The maximum atomic E-state index is 14.3. The van der Waals surface area contributed by atoms with E-state index in [2.05, 4.69) is 72.8 Å². The Bertz CT molecular complexity index is 1310. The molecule has 0 saturated carbocycles. The Hall–Kier alpha value is -2.23. The first-order chi connectivity index (χ1) is 14.8. The van der Waals surface area contributed by atoms with Gasteiger partial charge in [-0.2, -0.15) is 0 Å². The van der Waals surface area contributed by atoms with Crippen LogP contribution >= 0.6 is 23.5 Å². The molecule has 0 aromatic heterocycles. The molecule has 8 rings (SSSR count). The number of hydrogen-bond acceptors (Lipinski definition) is 3. The van der Waals surface area contributed by atoms with Crippen molar-refractivity contribution in [2.24, 2.45) is 0 Å². The minimum atomic E-state index is 0.0194. The highest BCUT2D eigenvalue weighted by Gasteiger charge is 2.58. The van der Waals surface area contributed by atoms with Crippen LogP contribution in [0.5, 0.6) is 0 Å². The van der Waals surface area contributed by atoms with Crippen molar-refractivity contribution in [1.82, 2.24) is 0 Å². The van der Waals surface area contributed by atoms with Crippen LogP contribution in [0, 0.1) is 0 Å². The van der Waals surface area contributed by atoms with Crippen LogP contribution in [0.2, 0.25) is 0 Å². The molecule has 144 valence electrons. The summed E-state index contributed by atoms with van der Waals surface area (Å²) in [5.41, 5.74) is 5.42. The van der Waals surface area contributed by atoms with Crippen LogP contribution < -0.4 is 0 Å². The van der Waals surface area contributed by atoms with Gasteiger partial charge in [-0.25, -0.2) is 0 Å². The summed E-state index contributed by atoms with van der Waals surface area (Å²) >= 11 is 3.99. The zero-order valence-corrected chi connectivity index (χ0v) is 17.8. The molecule has 3 heteroatoms. The van der Waals surface area contributed by atoms with Crippen molar-refractivity contribution in [3.63, 3.8) is 0 Å². The topological polar surface area (TPSA) is 17.1 Å². The molecule has 0 radical (unpaired) electrons. The largest absolute Gasteiger partial charge is 0.298 e. The van der Waals surface area contributed by atoms with E-state index in [1.165, 1.54) is 43.8 Å². The van der Waals surface area contributed by atoms with Crippen LogP contribution in [0.1, 0.15) is 44.6 Å². The standard InChI is InChI=1S/C27H18OS2/c28-23(21-15-9-1-5-13-7-3-11-17(19(13)15)24-26(21)29-24)22-16-10-2-6-14-8-4-12-18(20(14)16)25-27(22)30-25/h1-12,21-22,24-27H. The Morgan fingerprint density at radius 3 is 1.40 bits per heavy atom. The number of thioether (sulfide) groups is 2. The van der Waals surface area contributed by atoms with Crippen LogP contribution in [-0.4, -0.2) is 16.3 Å². The average Bonchev–Trinajstić information content (AvgIpc) is 3.69. The molecule has 2 aliphatic heterocycles. The van der Waals surface area contributed by atoms with E-state index < -0.39 is 0 Å². The van der Waals surface area contributed by atoms with Gasteiger partial charge in [0.15, 0.2) is 0 Å². The van der Waals surface area contributed by atoms with Gasteiger partial charge in [0.25, 0.3) is 0 Å². The Morgan fingerprint density at radius 2 is 0.967 bits per heavy atom. The molecular formula is C27H18OS2. The zero-order chi connectivity index (χ0) is 19.6. The SMILES string of the molecule is O=C(C1c2cccc3cccc(c23)C2SC21)C1c2cccc3cccc(c23)C2SC21. The summed E-state index contributed by atoms with van der Waals surface area (Å²) in [7, 11) is 0. The number of carbonyl (C=O) groups excluding carboxylic acids is 1. The molecule has 6 atom stereocenters. The van der Waals surface area contributed by atoms with Crippen LogP contribution in [-0.2, 0) is 4.79 Å².